The second kappa shape index (κ2) is 4.94. The van der Waals surface area contributed by atoms with Crippen molar-refractivity contribution < 1.29 is 0 Å². The van der Waals surface area contributed by atoms with Gasteiger partial charge < -0.3 is 4.98 Å². The number of halogens is 2. The molecule has 2 heterocycles. The number of hydrogen-bond acceptors (Lipinski definition) is 2. The Labute approximate surface area is 124 Å². The molecule has 19 heavy (non-hydrogen) atoms. The predicted octanol–water partition coefficient (Wildman–Crippen LogP) is 4.60. The number of H-pyrrole nitrogens is 1. The molecule has 0 radical (unpaired) electrons. The summed E-state index contributed by atoms with van der Waals surface area (Å²) in [4.78, 5) is 12.3. The molecule has 0 amide bonds. The van der Waals surface area contributed by atoms with Crippen molar-refractivity contribution in [1.82, 2.24) is 15.0 Å². The molecule has 0 aliphatic heterocycles. The summed E-state index contributed by atoms with van der Waals surface area (Å²) in [7, 11) is 0. The highest BCUT2D eigenvalue weighted by Crippen LogP contribution is 2.33. The van der Waals surface area contributed by atoms with Gasteiger partial charge in [-0.2, -0.15) is 0 Å². The average Bonchev–Trinajstić information content (AvgIpc) is 2.74. The number of aryl methyl sites for hydroxylation is 1. The zero-order chi connectivity index (χ0) is 13.4. The first kappa shape index (κ1) is 12.6. The monoisotopic (exact) mass is 335 g/mol. The minimum atomic E-state index is 0.559. The van der Waals surface area contributed by atoms with E-state index in [1.165, 1.54) is 0 Å². The number of aromatic amines is 1. The zero-order valence-corrected chi connectivity index (χ0v) is 12.6. The van der Waals surface area contributed by atoms with Crippen LogP contribution < -0.4 is 0 Å². The Morgan fingerprint density at radius 3 is 2.63 bits per heavy atom. The highest BCUT2D eigenvalue weighted by atomic mass is 79.9. The van der Waals surface area contributed by atoms with Crippen LogP contribution in [-0.2, 0) is 6.42 Å². The maximum Gasteiger partial charge on any atom is 0.161 e. The Balaban J connectivity index is 2.29. The lowest BCUT2D eigenvalue weighted by Gasteiger charge is -2.04. The maximum absolute atomic E-state index is 6.11. The van der Waals surface area contributed by atoms with Crippen molar-refractivity contribution in [3.8, 4) is 11.4 Å². The van der Waals surface area contributed by atoms with Gasteiger partial charge in [-0.15, -0.1) is 0 Å². The molecule has 3 nitrogen and oxygen atoms in total. The molecule has 2 aromatic heterocycles. The van der Waals surface area contributed by atoms with Gasteiger partial charge in [0.15, 0.2) is 5.82 Å². The van der Waals surface area contributed by atoms with Crippen molar-refractivity contribution in [2.24, 2.45) is 0 Å². The van der Waals surface area contributed by atoms with Crippen LogP contribution in [-0.4, -0.2) is 15.0 Å². The highest BCUT2D eigenvalue weighted by molar-refractivity contribution is 9.10. The van der Waals surface area contributed by atoms with Gasteiger partial charge in [-0.25, -0.2) is 9.97 Å². The van der Waals surface area contributed by atoms with Crippen LogP contribution in [0.25, 0.3) is 22.4 Å². The van der Waals surface area contributed by atoms with Crippen LogP contribution >= 0.6 is 27.5 Å². The van der Waals surface area contributed by atoms with E-state index in [1.54, 1.807) is 0 Å². The van der Waals surface area contributed by atoms with E-state index < -0.39 is 0 Å². The fourth-order valence-electron chi connectivity index (χ4n) is 2.07. The topological polar surface area (TPSA) is 41.6 Å². The molecule has 0 saturated heterocycles. The van der Waals surface area contributed by atoms with Crippen molar-refractivity contribution in [1.29, 1.82) is 0 Å². The van der Waals surface area contributed by atoms with Gasteiger partial charge in [-0.1, -0.05) is 48.9 Å². The molecule has 1 aromatic carbocycles. The van der Waals surface area contributed by atoms with Crippen molar-refractivity contribution in [2.75, 3.05) is 0 Å². The number of aromatic nitrogens is 3. The van der Waals surface area contributed by atoms with E-state index in [4.69, 9.17) is 11.6 Å². The Morgan fingerprint density at radius 2 is 1.95 bits per heavy atom. The fourth-order valence-corrected chi connectivity index (χ4v) is 2.77. The Morgan fingerprint density at radius 1 is 1.21 bits per heavy atom. The van der Waals surface area contributed by atoms with Crippen LogP contribution in [0.2, 0.25) is 5.15 Å². The van der Waals surface area contributed by atoms with Crippen LogP contribution in [0.4, 0.5) is 0 Å². The second-order valence-electron chi connectivity index (χ2n) is 4.19. The van der Waals surface area contributed by atoms with Crippen molar-refractivity contribution in [3.63, 3.8) is 0 Å². The smallest absolute Gasteiger partial charge is 0.161 e. The van der Waals surface area contributed by atoms with Gasteiger partial charge in [0.25, 0.3) is 0 Å². The van der Waals surface area contributed by atoms with Crippen LogP contribution in [0.5, 0.6) is 0 Å². The standard InChI is InChI=1S/C14H11BrClN3/c1-2-9-10-11(15)12(16)18-14(10)19-13(17-9)8-6-4-3-5-7-8/h3-7H,2H2,1H3,(H,17,18,19). The summed E-state index contributed by atoms with van der Waals surface area (Å²) >= 11 is 9.59. The van der Waals surface area contributed by atoms with Gasteiger partial charge in [0, 0.05) is 5.56 Å². The molecule has 0 aliphatic carbocycles. The van der Waals surface area contributed by atoms with Crippen molar-refractivity contribution >= 4 is 38.6 Å². The van der Waals surface area contributed by atoms with Crippen LogP contribution in [0.15, 0.2) is 34.8 Å². The summed E-state index contributed by atoms with van der Waals surface area (Å²) in [6.45, 7) is 2.07. The van der Waals surface area contributed by atoms with Crippen molar-refractivity contribution in [2.45, 2.75) is 13.3 Å². The molecule has 3 aromatic rings. The summed E-state index contributed by atoms with van der Waals surface area (Å²) in [5, 5.41) is 1.52. The molecule has 96 valence electrons. The predicted molar refractivity (Wildman–Crippen MR) is 81.4 cm³/mol. The van der Waals surface area contributed by atoms with E-state index in [2.05, 4.69) is 37.8 Å². The SMILES string of the molecule is CCc1nc(-c2ccccc2)nc2[nH]c(Cl)c(Br)c12. The molecular weight excluding hydrogens is 326 g/mol. The average molecular weight is 337 g/mol. The summed E-state index contributed by atoms with van der Waals surface area (Å²) in [5.74, 6) is 0.718. The minimum Gasteiger partial charge on any atom is -0.329 e. The van der Waals surface area contributed by atoms with Gasteiger partial charge in [-0.3, -0.25) is 0 Å². The lowest BCUT2D eigenvalue weighted by molar-refractivity contribution is 1.03. The zero-order valence-electron chi connectivity index (χ0n) is 10.2. The van der Waals surface area contributed by atoms with Gasteiger partial charge in [0.2, 0.25) is 0 Å². The Kier molecular flexibility index (Phi) is 3.29. The first-order valence-corrected chi connectivity index (χ1v) is 7.16. The molecule has 0 atom stereocenters. The van der Waals surface area contributed by atoms with Crippen LogP contribution in [0.3, 0.4) is 0 Å². The molecular formula is C14H11BrClN3. The van der Waals surface area contributed by atoms with E-state index in [0.29, 0.717) is 5.15 Å². The van der Waals surface area contributed by atoms with Gasteiger partial charge >= 0.3 is 0 Å². The lowest BCUT2D eigenvalue weighted by Crippen LogP contribution is -1.96. The third-order valence-corrected chi connectivity index (χ3v) is 4.30. The normalized spacial score (nSPS) is 11.1. The number of nitrogens with zero attached hydrogens (tertiary/aromatic N) is 2. The summed E-state index contributed by atoms with van der Waals surface area (Å²) in [6, 6.07) is 9.93. The maximum atomic E-state index is 6.11. The molecule has 0 saturated carbocycles. The van der Waals surface area contributed by atoms with E-state index in [0.717, 1.165) is 39.0 Å². The number of benzene rings is 1. The molecule has 3 rings (SSSR count). The molecule has 0 unspecified atom stereocenters. The first-order chi connectivity index (χ1) is 9.20. The number of rotatable bonds is 2. The highest BCUT2D eigenvalue weighted by Gasteiger charge is 2.15. The summed E-state index contributed by atoms with van der Waals surface area (Å²) in [6.07, 6.45) is 0.825. The Bertz CT molecular complexity index is 737. The van der Waals surface area contributed by atoms with E-state index in [-0.39, 0.29) is 0 Å². The molecule has 0 bridgehead atoms. The van der Waals surface area contributed by atoms with E-state index in [1.807, 2.05) is 30.3 Å². The molecule has 1 N–H and O–H groups in total. The third kappa shape index (κ3) is 2.15. The van der Waals surface area contributed by atoms with E-state index in [9.17, 15) is 0 Å². The number of fused-ring (bicyclic) bond motifs is 1. The quantitative estimate of drug-likeness (QED) is 0.743. The molecule has 5 heteroatoms. The van der Waals surface area contributed by atoms with Crippen LogP contribution in [0.1, 0.15) is 12.6 Å². The van der Waals surface area contributed by atoms with Gasteiger partial charge in [-0.05, 0) is 22.4 Å². The van der Waals surface area contributed by atoms with Crippen molar-refractivity contribution in [3.05, 3.63) is 45.7 Å². The van der Waals surface area contributed by atoms with Gasteiger partial charge in [0.05, 0.1) is 15.6 Å². The largest absolute Gasteiger partial charge is 0.329 e. The fraction of sp³-hybridized carbons (Fsp3) is 0.143. The van der Waals surface area contributed by atoms with E-state index >= 15 is 0 Å². The second-order valence-corrected chi connectivity index (χ2v) is 5.36. The van der Waals surface area contributed by atoms with Gasteiger partial charge in [0.1, 0.15) is 10.8 Å². The summed E-state index contributed by atoms with van der Waals surface area (Å²) in [5.41, 5.74) is 2.75. The molecule has 0 spiro atoms. The number of nitrogens with one attached hydrogen (secondary N) is 1. The molecule has 0 fully saturated rings. The Hall–Kier alpha value is -1.39. The van der Waals surface area contributed by atoms with Crippen LogP contribution in [0, 0.1) is 0 Å². The minimum absolute atomic E-state index is 0.559. The first-order valence-electron chi connectivity index (χ1n) is 5.99. The lowest BCUT2D eigenvalue weighted by atomic mass is 10.2. The molecule has 0 aliphatic rings. The number of hydrogen-bond donors (Lipinski definition) is 1. The third-order valence-electron chi connectivity index (χ3n) is 2.99. The summed E-state index contributed by atoms with van der Waals surface area (Å²) < 4.78 is 0.834.